The number of ether oxygens (including phenoxy) is 1. The van der Waals surface area contributed by atoms with E-state index in [4.69, 9.17) is 15.5 Å². The lowest BCUT2D eigenvalue weighted by Gasteiger charge is -2.40. The summed E-state index contributed by atoms with van der Waals surface area (Å²) in [4.78, 5) is 13.1. The van der Waals surface area contributed by atoms with Gasteiger partial charge in [0.05, 0.1) is 9.88 Å². The van der Waals surface area contributed by atoms with E-state index in [1.54, 1.807) is 11.3 Å². The fourth-order valence-electron chi connectivity index (χ4n) is 7.10. The fraction of sp³-hybridized carbons (Fsp3) is 0.610. The maximum Gasteiger partial charge on any atom is 0.166 e. The van der Waals surface area contributed by atoms with Crippen LogP contribution in [0.1, 0.15) is 141 Å². The fourth-order valence-corrected chi connectivity index (χ4v) is 8.17. The van der Waals surface area contributed by atoms with Crippen molar-refractivity contribution in [2.75, 3.05) is 18.8 Å². The molecule has 2 aliphatic rings. The molecule has 47 heavy (non-hydrogen) atoms. The van der Waals surface area contributed by atoms with E-state index in [2.05, 4.69) is 110 Å². The summed E-state index contributed by atoms with van der Waals surface area (Å²) >= 11 is 1.78. The van der Waals surface area contributed by atoms with Gasteiger partial charge in [-0.3, -0.25) is 4.90 Å². The number of rotatable bonds is 6. The first kappa shape index (κ1) is 35.4. The average Bonchev–Trinajstić information content (AvgIpc) is 3.43. The smallest absolute Gasteiger partial charge is 0.166 e. The molecule has 2 fully saturated rings. The highest BCUT2D eigenvalue weighted by atomic mass is 32.1. The summed E-state index contributed by atoms with van der Waals surface area (Å²) in [7, 11) is 0. The quantitative estimate of drug-likeness (QED) is 0.268. The standard InChI is InChI=1S/C41H58N4OS/c1-38(2,3)32-22-27(15-18-41(10,11)31-13-12-14-31)21-30(35(32)39(4,5)6)26-46-33-23-29(24-43-36(33)42)34-25-44-37(47-34)28-16-19-45(20-17-28)40(7,8)9/h21-25,28,31H,12-14,16-17,19-20,26H2,1-11H3,(H2,42,43). The average molecular weight is 655 g/mol. The molecule has 1 saturated heterocycles. The molecule has 254 valence electrons. The van der Waals surface area contributed by atoms with E-state index < -0.39 is 0 Å². The summed E-state index contributed by atoms with van der Waals surface area (Å²) in [6.45, 7) is 27.9. The molecule has 0 amide bonds. The minimum atomic E-state index is -0.0772. The molecule has 1 aromatic carbocycles. The van der Waals surface area contributed by atoms with Crippen molar-refractivity contribution in [2.45, 2.75) is 137 Å². The maximum atomic E-state index is 6.56. The first-order chi connectivity index (χ1) is 21.8. The number of anilines is 1. The van der Waals surface area contributed by atoms with E-state index in [9.17, 15) is 0 Å². The Kier molecular flexibility index (Phi) is 9.95. The Balaban J connectivity index is 1.41. The summed E-state index contributed by atoms with van der Waals surface area (Å²) in [5.41, 5.74) is 12.4. The van der Waals surface area contributed by atoms with Crippen molar-refractivity contribution < 1.29 is 4.74 Å². The number of hydrogen-bond acceptors (Lipinski definition) is 6. The molecular weight excluding hydrogens is 597 g/mol. The number of aromatic nitrogens is 2. The van der Waals surface area contributed by atoms with Crippen molar-refractivity contribution in [2.24, 2.45) is 11.3 Å². The molecule has 0 spiro atoms. The van der Waals surface area contributed by atoms with Crippen molar-refractivity contribution in [1.82, 2.24) is 14.9 Å². The van der Waals surface area contributed by atoms with Gasteiger partial charge in [0.2, 0.25) is 0 Å². The molecule has 0 unspecified atom stereocenters. The normalized spacial score (nSPS) is 17.3. The summed E-state index contributed by atoms with van der Waals surface area (Å²) in [6, 6.07) is 6.60. The first-order valence-corrected chi connectivity index (χ1v) is 18.4. The van der Waals surface area contributed by atoms with Crippen LogP contribution >= 0.6 is 11.3 Å². The third-order valence-corrected chi connectivity index (χ3v) is 11.5. The van der Waals surface area contributed by atoms with Crippen molar-refractivity contribution in [3.05, 3.63) is 57.9 Å². The van der Waals surface area contributed by atoms with Gasteiger partial charge < -0.3 is 10.5 Å². The summed E-state index contributed by atoms with van der Waals surface area (Å²) in [5.74, 6) is 9.45. The molecule has 6 heteroatoms. The zero-order valence-electron chi connectivity index (χ0n) is 30.9. The van der Waals surface area contributed by atoms with Gasteiger partial charge >= 0.3 is 0 Å². The number of nitrogen functional groups attached to an aromatic ring is 1. The molecule has 0 bridgehead atoms. The van der Waals surface area contributed by atoms with Crippen LogP contribution < -0.4 is 10.5 Å². The minimum Gasteiger partial charge on any atom is -0.485 e. The van der Waals surface area contributed by atoms with Crippen LogP contribution in [0.15, 0.2) is 30.6 Å². The van der Waals surface area contributed by atoms with Gasteiger partial charge in [-0.25, -0.2) is 9.97 Å². The number of nitrogens with two attached hydrogens (primary N) is 1. The van der Waals surface area contributed by atoms with E-state index in [1.165, 1.54) is 35.4 Å². The first-order valence-electron chi connectivity index (χ1n) is 17.6. The molecule has 0 radical (unpaired) electrons. The second-order valence-electron chi connectivity index (χ2n) is 17.5. The maximum absolute atomic E-state index is 6.56. The van der Waals surface area contributed by atoms with Crippen LogP contribution in [-0.4, -0.2) is 33.5 Å². The van der Waals surface area contributed by atoms with Gasteiger partial charge in [0.1, 0.15) is 6.61 Å². The van der Waals surface area contributed by atoms with Gasteiger partial charge in [-0.1, -0.05) is 59.8 Å². The highest BCUT2D eigenvalue weighted by molar-refractivity contribution is 7.15. The Morgan fingerprint density at radius 1 is 0.872 bits per heavy atom. The second kappa shape index (κ2) is 13.2. The third-order valence-electron chi connectivity index (χ3n) is 10.3. The van der Waals surface area contributed by atoms with Gasteiger partial charge in [0, 0.05) is 40.4 Å². The predicted molar refractivity (Wildman–Crippen MR) is 199 cm³/mol. The zero-order valence-corrected chi connectivity index (χ0v) is 31.8. The largest absolute Gasteiger partial charge is 0.485 e. The number of thiazole rings is 1. The number of pyridine rings is 1. The molecule has 2 aromatic heterocycles. The summed E-state index contributed by atoms with van der Waals surface area (Å²) in [5, 5.41) is 1.22. The molecule has 3 aromatic rings. The second-order valence-corrected chi connectivity index (χ2v) is 18.6. The Morgan fingerprint density at radius 3 is 2.13 bits per heavy atom. The number of likely N-dealkylation sites (tertiary alicyclic amines) is 1. The van der Waals surface area contributed by atoms with E-state index in [0.29, 0.717) is 30.0 Å². The van der Waals surface area contributed by atoms with Gasteiger partial charge in [-0.2, -0.15) is 0 Å². The highest BCUT2D eigenvalue weighted by Gasteiger charge is 2.33. The zero-order chi connectivity index (χ0) is 34.4. The Bertz CT molecular complexity index is 1620. The van der Waals surface area contributed by atoms with E-state index >= 15 is 0 Å². The topological polar surface area (TPSA) is 64.3 Å². The molecule has 5 rings (SSSR count). The number of benzene rings is 1. The lowest BCUT2D eigenvalue weighted by Crippen LogP contribution is -2.45. The van der Waals surface area contributed by atoms with Crippen LogP contribution in [0.2, 0.25) is 0 Å². The monoisotopic (exact) mass is 654 g/mol. The molecule has 1 aliphatic carbocycles. The summed E-state index contributed by atoms with van der Waals surface area (Å²) < 4.78 is 6.56. The molecule has 1 aliphatic heterocycles. The van der Waals surface area contributed by atoms with Gasteiger partial charge in [0.25, 0.3) is 0 Å². The van der Waals surface area contributed by atoms with E-state index in [1.807, 2.05) is 18.5 Å². The number of hydrogen-bond donors (Lipinski definition) is 1. The molecule has 0 atom stereocenters. The molecule has 2 N–H and O–H groups in total. The number of nitrogens with zero attached hydrogens (tertiary/aromatic N) is 3. The van der Waals surface area contributed by atoms with Crippen LogP contribution in [0.3, 0.4) is 0 Å². The molecule has 5 nitrogen and oxygen atoms in total. The molecule has 3 heterocycles. The van der Waals surface area contributed by atoms with Crippen LogP contribution in [0.25, 0.3) is 10.4 Å². The van der Waals surface area contributed by atoms with E-state index in [-0.39, 0.29) is 21.8 Å². The lowest BCUT2D eigenvalue weighted by atomic mass is 9.67. The Morgan fingerprint density at radius 2 is 1.55 bits per heavy atom. The van der Waals surface area contributed by atoms with Crippen LogP contribution in [0.4, 0.5) is 5.82 Å². The van der Waals surface area contributed by atoms with Gasteiger partial charge in [0.15, 0.2) is 11.6 Å². The number of piperidine rings is 1. The van der Waals surface area contributed by atoms with Crippen LogP contribution in [-0.2, 0) is 17.4 Å². The minimum absolute atomic E-state index is 0.0142. The SMILES string of the molecule is CC(C)(C)c1cc(C#CC(C)(C)C2CCC2)cc(COc2cc(-c3cnc(C4CCN(C(C)(C)C)CC4)s3)cnc2N)c1C(C)(C)C. The summed E-state index contributed by atoms with van der Waals surface area (Å²) in [6.07, 6.45) is 10.0. The Labute approximate surface area is 289 Å². The van der Waals surface area contributed by atoms with Crippen LogP contribution in [0.5, 0.6) is 5.75 Å². The Hall–Kier alpha value is -2.88. The third kappa shape index (κ3) is 8.23. The highest BCUT2D eigenvalue weighted by Crippen LogP contribution is 2.42. The lowest BCUT2D eigenvalue weighted by molar-refractivity contribution is 0.102. The van der Waals surface area contributed by atoms with Crippen molar-refractivity contribution in [1.29, 1.82) is 0 Å². The predicted octanol–water partition coefficient (Wildman–Crippen LogP) is 10.1. The van der Waals surface area contributed by atoms with Crippen molar-refractivity contribution in [3.8, 4) is 28.0 Å². The van der Waals surface area contributed by atoms with Gasteiger partial charge in [-0.05, 0) is 125 Å². The van der Waals surface area contributed by atoms with Crippen LogP contribution in [0, 0.1) is 23.2 Å². The van der Waals surface area contributed by atoms with E-state index in [0.717, 1.165) is 47.5 Å². The van der Waals surface area contributed by atoms with Gasteiger partial charge in [-0.15, -0.1) is 11.3 Å². The van der Waals surface area contributed by atoms with Crippen molar-refractivity contribution in [3.63, 3.8) is 0 Å². The van der Waals surface area contributed by atoms with Crippen molar-refractivity contribution >= 4 is 17.2 Å². The molecular formula is C41H58N4OS. The molecule has 1 saturated carbocycles.